The van der Waals surface area contributed by atoms with Crippen LogP contribution in [0, 0.1) is 0 Å². The molecule has 0 atom stereocenters. The third-order valence-electron chi connectivity index (χ3n) is 5.51. The molecule has 0 bridgehead atoms. The van der Waals surface area contributed by atoms with E-state index in [-0.39, 0.29) is 11.4 Å². The van der Waals surface area contributed by atoms with Crippen molar-refractivity contribution in [2.75, 3.05) is 19.6 Å². The lowest BCUT2D eigenvalue weighted by atomic mass is 9.97. The zero-order valence-electron chi connectivity index (χ0n) is 17.0. The van der Waals surface area contributed by atoms with Gasteiger partial charge in [0.15, 0.2) is 0 Å². The highest BCUT2D eigenvalue weighted by Gasteiger charge is 2.35. The third-order valence-corrected chi connectivity index (χ3v) is 5.51. The van der Waals surface area contributed by atoms with Gasteiger partial charge in [0, 0.05) is 44.1 Å². The summed E-state index contributed by atoms with van der Waals surface area (Å²) < 4.78 is 0. The van der Waals surface area contributed by atoms with E-state index in [1.807, 2.05) is 41.3 Å². The van der Waals surface area contributed by atoms with Crippen molar-refractivity contribution in [3.05, 3.63) is 84.2 Å². The van der Waals surface area contributed by atoms with Crippen LogP contribution in [0.1, 0.15) is 29.8 Å². The number of hydrogen-bond acceptors (Lipinski definition) is 4. The standard InChI is InChI=1S/C24H26N4O/c1-24(2)18-27(14-15-28(24)17-19-8-4-3-5-9-19)23(29)20-11-12-22(26-16-20)21-10-6-7-13-25-21/h3-13,16H,14-15,17-18H2,1-2H3. The van der Waals surface area contributed by atoms with Crippen molar-refractivity contribution in [3.63, 3.8) is 0 Å². The second kappa shape index (κ2) is 8.13. The number of rotatable bonds is 4. The number of nitrogens with zero attached hydrogens (tertiary/aromatic N) is 4. The van der Waals surface area contributed by atoms with Gasteiger partial charge in [0.2, 0.25) is 0 Å². The maximum atomic E-state index is 13.1. The first-order chi connectivity index (χ1) is 14.0. The molecule has 0 N–H and O–H groups in total. The second-order valence-corrected chi connectivity index (χ2v) is 8.09. The van der Waals surface area contributed by atoms with Crippen LogP contribution in [0.4, 0.5) is 0 Å². The smallest absolute Gasteiger partial charge is 0.255 e. The minimum absolute atomic E-state index is 0.0394. The quantitative estimate of drug-likeness (QED) is 0.683. The van der Waals surface area contributed by atoms with Gasteiger partial charge in [0.1, 0.15) is 0 Å². The van der Waals surface area contributed by atoms with E-state index in [9.17, 15) is 4.79 Å². The molecule has 0 unspecified atom stereocenters. The molecular weight excluding hydrogens is 360 g/mol. The van der Waals surface area contributed by atoms with Crippen LogP contribution < -0.4 is 0 Å². The Morgan fingerprint density at radius 3 is 2.34 bits per heavy atom. The van der Waals surface area contributed by atoms with Gasteiger partial charge in [-0.25, -0.2) is 0 Å². The van der Waals surface area contributed by atoms with Gasteiger partial charge < -0.3 is 4.90 Å². The zero-order chi connectivity index (χ0) is 20.3. The van der Waals surface area contributed by atoms with Crippen LogP contribution in [0.3, 0.4) is 0 Å². The van der Waals surface area contributed by atoms with Gasteiger partial charge >= 0.3 is 0 Å². The van der Waals surface area contributed by atoms with Crippen LogP contribution in [-0.4, -0.2) is 50.8 Å². The maximum absolute atomic E-state index is 13.1. The molecule has 3 heterocycles. The normalized spacial score (nSPS) is 16.6. The molecule has 5 heteroatoms. The van der Waals surface area contributed by atoms with E-state index < -0.39 is 0 Å². The van der Waals surface area contributed by atoms with Gasteiger partial charge in [0.25, 0.3) is 5.91 Å². The molecule has 5 nitrogen and oxygen atoms in total. The van der Waals surface area contributed by atoms with Gasteiger partial charge in [-0.2, -0.15) is 0 Å². The number of amides is 1. The number of pyridine rings is 2. The molecule has 1 saturated heterocycles. The summed E-state index contributed by atoms with van der Waals surface area (Å²) in [6.45, 7) is 7.58. The van der Waals surface area contributed by atoms with Crippen molar-refractivity contribution in [2.24, 2.45) is 0 Å². The predicted octanol–water partition coefficient (Wildman–Crippen LogP) is 3.88. The largest absolute Gasteiger partial charge is 0.335 e. The fourth-order valence-corrected chi connectivity index (χ4v) is 3.83. The summed E-state index contributed by atoms with van der Waals surface area (Å²) in [4.78, 5) is 26.2. The van der Waals surface area contributed by atoms with E-state index in [0.29, 0.717) is 12.1 Å². The fourth-order valence-electron chi connectivity index (χ4n) is 3.83. The Morgan fingerprint density at radius 1 is 0.931 bits per heavy atom. The van der Waals surface area contributed by atoms with Gasteiger partial charge in [-0.05, 0) is 43.7 Å². The van der Waals surface area contributed by atoms with Crippen LogP contribution in [0.15, 0.2) is 73.1 Å². The highest BCUT2D eigenvalue weighted by molar-refractivity contribution is 5.94. The van der Waals surface area contributed by atoms with Crippen molar-refractivity contribution < 1.29 is 4.79 Å². The maximum Gasteiger partial charge on any atom is 0.255 e. The van der Waals surface area contributed by atoms with Crippen molar-refractivity contribution >= 4 is 5.91 Å². The molecule has 0 aliphatic carbocycles. The monoisotopic (exact) mass is 386 g/mol. The van der Waals surface area contributed by atoms with E-state index in [1.54, 1.807) is 12.4 Å². The molecule has 1 aliphatic rings. The number of piperazine rings is 1. The summed E-state index contributed by atoms with van der Waals surface area (Å²) in [6.07, 6.45) is 3.41. The number of benzene rings is 1. The van der Waals surface area contributed by atoms with E-state index in [4.69, 9.17) is 0 Å². The Bertz CT molecular complexity index is 955. The summed E-state index contributed by atoms with van der Waals surface area (Å²) >= 11 is 0. The first-order valence-electron chi connectivity index (χ1n) is 9.99. The molecule has 1 aliphatic heterocycles. The predicted molar refractivity (Wildman–Crippen MR) is 114 cm³/mol. The molecule has 1 fully saturated rings. The lowest BCUT2D eigenvalue weighted by molar-refractivity contribution is 0.0138. The molecular formula is C24H26N4O. The molecule has 29 heavy (non-hydrogen) atoms. The molecule has 0 spiro atoms. The van der Waals surface area contributed by atoms with Crippen LogP contribution in [-0.2, 0) is 6.54 Å². The van der Waals surface area contributed by atoms with Crippen LogP contribution in [0.5, 0.6) is 0 Å². The summed E-state index contributed by atoms with van der Waals surface area (Å²) in [7, 11) is 0. The van der Waals surface area contributed by atoms with Gasteiger partial charge in [-0.15, -0.1) is 0 Å². The average Bonchev–Trinajstić information content (AvgIpc) is 2.76. The number of carbonyl (C=O) groups is 1. The lowest BCUT2D eigenvalue weighted by Crippen LogP contribution is -2.59. The Labute approximate surface area is 172 Å². The van der Waals surface area contributed by atoms with E-state index in [2.05, 4.69) is 53.0 Å². The molecule has 4 rings (SSSR count). The summed E-state index contributed by atoms with van der Waals surface area (Å²) in [6, 6.07) is 19.9. The van der Waals surface area contributed by atoms with E-state index >= 15 is 0 Å². The second-order valence-electron chi connectivity index (χ2n) is 8.09. The Morgan fingerprint density at radius 2 is 1.69 bits per heavy atom. The molecule has 2 aromatic heterocycles. The molecule has 148 valence electrons. The summed E-state index contributed by atoms with van der Waals surface area (Å²) in [5.74, 6) is 0.0394. The van der Waals surface area contributed by atoms with Gasteiger partial charge in [-0.3, -0.25) is 19.7 Å². The number of aromatic nitrogens is 2. The fraction of sp³-hybridized carbons (Fsp3) is 0.292. The van der Waals surface area contributed by atoms with Crippen molar-refractivity contribution in [3.8, 4) is 11.4 Å². The van der Waals surface area contributed by atoms with Crippen molar-refractivity contribution in [2.45, 2.75) is 25.9 Å². The van der Waals surface area contributed by atoms with Crippen molar-refractivity contribution in [1.82, 2.24) is 19.8 Å². The molecule has 1 amide bonds. The van der Waals surface area contributed by atoms with E-state index in [0.717, 1.165) is 31.0 Å². The zero-order valence-corrected chi connectivity index (χ0v) is 17.0. The highest BCUT2D eigenvalue weighted by Crippen LogP contribution is 2.24. The Hall–Kier alpha value is -3.05. The first-order valence-corrected chi connectivity index (χ1v) is 9.99. The molecule has 1 aromatic carbocycles. The first kappa shape index (κ1) is 19.3. The topological polar surface area (TPSA) is 49.3 Å². The SMILES string of the molecule is CC1(C)CN(C(=O)c2ccc(-c3ccccn3)nc2)CCN1Cc1ccccc1. The summed E-state index contributed by atoms with van der Waals surface area (Å²) in [5.41, 5.74) is 3.41. The number of carbonyl (C=O) groups excluding carboxylic acids is 1. The molecule has 3 aromatic rings. The van der Waals surface area contributed by atoms with Gasteiger partial charge in [0.05, 0.1) is 17.0 Å². The van der Waals surface area contributed by atoms with Gasteiger partial charge in [-0.1, -0.05) is 36.4 Å². The Kier molecular flexibility index (Phi) is 5.41. The van der Waals surface area contributed by atoms with Crippen molar-refractivity contribution in [1.29, 1.82) is 0 Å². The third kappa shape index (κ3) is 4.35. The molecule has 0 saturated carbocycles. The molecule has 0 radical (unpaired) electrons. The average molecular weight is 386 g/mol. The minimum atomic E-state index is -0.0922. The lowest BCUT2D eigenvalue weighted by Gasteiger charge is -2.47. The van der Waals surface area contributed by atoms with Crippen LogP contribution >= 0.6 is 0 Å². The minimum Gasteiger partial charge on any atom is -0.335 e. The Balaban J connectivity index is 1.43. The number of hydrogen-bond donors (Lipinski definition) is 0. The highest BCUT2D eigenvalue weighted by atomic mass is 16.2. The van der Waals surface area contributed by atoms with Crippen LogP contribution in [0.25, 0.3) is 11.4 Å². The van der Waals surface area contributed by atoms with E-state index in [1.165, 1.54) is 5.56 Å². The summed E-state index contributed by atoms with van der Waals surface area (Å²) in [5, 5.41) is 0. The van der Waals surface area contributed by atoms with Crippen LogP contribution in [0.2, 0.25) is 0 Å².